The van der Waals surface area contributed by atoms with Crippen LogP contribution in [0.25, 0.3) is 22.0 Å². The van der Waals surface area contributed by atoms with Gasteiger partial charge in [-0.3, -0.25) is 4.79 Å². The fourth-order valence-corrected chi connectivity index (χ4v) is 6.81. The van der Waals surface area contributed by atoms with E-state index >= 15 is 4.39 Å². The molecule has 0 radical (unpaired) electrons. The van der Waals surface area contributed by atoms with Gasteiger partial charge in [-0.05, 0) is 138 Å². The average molecular weight is 769 g/mol. The summed E-state index contributed by atoms with van der Waals surface area (Å²) in [7, 11) is 9.32. The summed E-state index contributed by atoms with van der Waals surface area (Å²) < 4.78 is 35.5. The maximum Gasteiger partial charge on any atom is 0.407 e. The van der Waals surface area contributed by atoms with E-state index in [-0.39, 0.29) is 13.1 Å². The van der Waals surface area contributed by atoms with Crippen molar-refractivity contribution in [1.82, 2.24) is 19.1 Å². The van der Waals surface area contributed by atoms with Crippen LogP contribution in [0.4, 0.5) is 9.18 Å². The molecule has 0 aliphatic heterocycles. The highest BCUT2D eigenvalue weighted by molar-refractivity contribution is 7.97. The molecule has 0 aliphatic rings. The van der Waals surface area contributed by atoms with Gasteiger partial charge >= 0.3 is 6.09 Å². The Morgan fingerprint density at radius 2 is 1.45 bits per heavy atom. The number of nitrogens with zero attached hydrogens (tertiary/aromatic N) is 3. The molecule has 0 saturated carbocycles. The third kappa shape index (κ3) is 13.0. The Bertz CT molecular complexity index is 2000. The molecule has 0 spiro atoms. The van der Waals surface area contributed by atoms with Crippen LogP contribution in [0.3, 0.4) is 0 Å². The van der Waals surface area contributed by atoms with Crippen LogP contribution in [0.5, 0.6) is 11.5 Å². The van der Waals surface area contributed by atoms with Crippen LogP contribution < -0.4 is 14.8 Å². The minimum atomic E-state index is -0.647. The Labute approximate surface area is 329 Å². The second kappa shape index (κ2) is 20.0. The molecule has 0 atom stereocenters. The maximum atomic E-state index is 15.4. The predicted molar refractivity (Wildman–Crippen MR) is 222 cm³/mol. The fourth-order valence-electron chi connectivity index (χ4n) is 5.76. The number of methoxy groups -OCH3 is 2. The summed E-state index contributed by atoms with van der Waals surface area (Å²) in [6.45, 7) is 8.58. The van der Waals surface area contributed by atoms with Gasteiger partial charge < -0.3 is 29.0 Å². The number of aromatic nitrogens is 1. The molecule has 4 aromatic carbocycles. The Kier molecular flexibility index (Phi) is 15.5. The van der Waals surface area contributed by atoms with Gasteiger partial charge in [0.15, 0.2) is 0 Å². The lowest BCUT2D eigenvalue weighted by atomic mass is 10.0. The van der Waals surface area contributed by atoms with E-state index in [2.05, 4.69) is 46.0 Å². The van der Waals surface area contributed by atoms with E-state index in [1.807, 2.05) is 86.1 Å². The highest BCUT2D eigenvalue weighted by Crippen LogP contribution is 2.38. The largest absolute Gasteiger partial charge is 0.497 e. The maximum absolute atomic E-state index is 15.4. The quantitative estimate of drug-likeness (QED) is 0.0884. The van der Waals surface area contributed by atoms with Gasteiger partial charge in [0, 0.05) is 52.3 Å². The summed E-state index contributed by atoms with van der Waals surface area (Å²) in [5, 5.41) is 3.43. The molecule has 0 unspecified atom stereocenters. The Hall–Kier alpha value is -5.10. The summed E-state index contributed by atoms with van der Waals surface area (Å²) >= 11 is 1.65. The van der Waals surface area contributed by atoms with Gasteiger partial charge in [-0.2, -0.15) is 0 Å². The summed E-state index contributed by atoms with van der Waals surface area (Å²) in [6, 6.07) is 29.9. The lowest BCUT2D eigenvalue weighted by Gasteiger charge is -2.22. The van der Waals surface area contributed by atoms with E-state index in [1.165, 1.54) is 6.08 Å². The first-order valence-electron chi connectivity index (χ1n) is 18.0. The minimum absolute atomic E-state index is 0.00996. The number of halogens is 1. The van der Waals surface area contributed by atoms with E-state index in [0.717, 1.165) is 61.5 Å². The third-order valence-electron chi connectivity index (χ3n) is 8.15. The second-order valence-corrected chi connectivity index (χ2v) is 15.6. The number of fused-ring (bicyclic) bond motifs is 1. The van der Waals surface area contributed by atoms with Gasteiger partial charge in [0.1, 0.15) is 29.2 Å². The van der Waals surface area contributed by atoms with Crippen LogP contribution in [0.1, 0.15) is 48.0 Å². The standard InChI is InChI=1S/C41H44FN3O5S.C3H9N/c1-28-39(37-22-31(27-46)14-19-38(37)45(28)26-33(42)20-21-43-40(47)50-41(2,3)4)32-8-7-9-36(23-32)51-44(24-29-10-15-34(48-5)16-11-29)25-30-12-17-35(49-6)18-13-30;1-4(2)3/h7-20,22-23,27H,21,24-26H2,1-6H3,(H,43,47);1-3H3/b33-20-;. The van der Waals surface area contributed by atoms with E-state index in [0.29, 0.717) is 18.7 Å². The van der Waals surface area contributed by atoms with Crippen molar-refractivity contribution in [3.63, 3.8) is 0 Å². The molecular weight excluding hydrogens is 716 g/mol. The number of aldehydes is 1. The number of hydrogen-bond acceptors (Lipinski definition) is 8. The number of nitrogens with one attached hydrogen (secondary N) is 1. The van der Waals surface area contributed by atoms with Crippen LogP contribution >= 0.6 is 11.9 Å². The van der Waals surface area contributed by atoms with E-state index in [1.54, 1.807) is 53.0 Å². The fraction of sp³-hybridized carbons (Fsp3) is 0.318. The van der Waals surface area contributed by atoms with Gasteiger partial charge in [-0.15, -0.1) is 0 Å². The molecule has 9 nitrogen and oxygen atoms in total. The summed E-state index contributed by atoms with van der Waals surface area (Å²) in [6.07, 6.45) is 1.55. The van der Waals surface area contributed by atoms with Crippen molar-refractivity contribution < 1.29 is 28.2 Å². The summed E-state index contributed by atoms with van der Waals surface area (Å²) in [4.78, 5) is 26.9. The number of hydrogen-bond donors (Lipinski definition) is 1. The number of benzene rings is 4. The van der Waals surface area contributed by atoms with Gasteiger partial charge in [-0.25, -0.2) is 13.5 Å². The molecule has 0 fully saturated rings. The first kappa shape index (κ1) is 42.6. The van der Waals surface area contributed by atoms with Gasteiger partial charge in [0.25, 0.3) is 0 Å². The summed E-state index contributed by atoms with van der Waals surface area (Å²) in [5.41, 5.74) is 5.71. The molecule has 5 rings (SSSR count). The predicted octanol–water partition coefficient (Wildman–Crippen LogP) is 9.71. The molecule has 0 bridgehead atoms. The van der Waals surface area contributed by atoms with Crippen LogP contribution in [0.15, 0.2) is 108 Å². The van der Waals surface area contributed by atoms with Crippen LogP contribution in [0.2, 0.25) is 0 Å². The molecule has 1 N–H and O–H groups in total. The molecule has 11 heteroatoms. The lowest BCUT2D eigenvalue weighted by Crippen LogP contribution is -2.32. The van der Waals surface area contributed by atoms with Gasteiger partial charge in [0.2, 0.25) is 0 Å². The molecule has 55 heavy (non-hydrogen) atoms. The Balaban J connectivity index is 0.00000160. The second-order valence-electron chi connectivity index (χ2n) is 14.4. The monoisotopic (exact) mass is 768 g/mol. The van der Waals surface area contributed by atoms with E-state index < -0.39 is 17.5 Å². The van der Waals surface area contributed by atoms with Gasteiger partial charge in [-0.1, -0.05) is 36.4 Å². The van der Waals surface area contributed by atoms with Crippen molar-refractivity contribution in [2.75, 3.05) is 41.9 Å². The highest BCUT2D eigenvalue weighted by atomic mass is 32.2. The molecule has 5 aromatic rings. The topological polar surface area (TPSA) is 85.3 Å². The lowest BCUT2D eigenvalue weighted by molar-refractivity contribution is 0.0533. The molecule has 1 amide bonds. The number of carbonyl (C=O) groups excluding carboxylic acids is 2. The Morgan fingerprint density at radius 3 is 1.98 bits per heavy atom. The van der Waals surface area contributed by atoms with E-state index in [9.17, 15) is 9.59 Å². The first-order valence-corrected chi connectivity index (χ1v) is 18.8. The molecule has 1 heterocycles. The number of ether oxygens (including phenoxy) is 3. The zero-order valence-corrected chi connectivity index (χ0v) is 34.1. The SMILES string of the molecule is CN(C)C.COc1ccc(CN(Cc2ccc(OC)cc2)Sc2cccc(-c3c(C)n(C/C(F)=C/CNC(=O)OC(C)(C)C)c4ccc(C=O)cc34)c2)cc1. The average Bonchev–Trinajstić information content (AvgIpc) is 3.40. The number of alkyl carbamates (subject to hydrolysis) is 1. The van der Waals surface area contributed by atoms with Gasteiger partial charge in [0.05, 0.1) is 20.8 Å². The Morgan fingerprint density at radius 1 is 0.873 bits per heavy atom. The molecule has 1 aromatic heterocycles. The number of carbonyl (C=O) groups is 2. The number of amides is 1. The molecular formula is C44H53FN4O5S. The van der Waals surface area contributed by atoms with Crippen molar-refractivity contribution in [3.05, 3.63) is 125 Å². The van der Waals surface area contributed by atoms with Crippen molar-refractivity contribution in [3.8, 4) is 22.6 Å². The molecule has 0 saturated heterocycles. The van der Waals surface area contributed by atoms with Crippen molar-refractivity contribution >= 4 is 35.2 Å². The smallest absolute Gasteiger partial charge is 0.407 e. The first-order chi connectivity index (χ1) is 26.2. The van der Waals surface area contributed by atoms with E-state index in [4.69, 9.17) is 14.2 Å². The number of rotatable bonds is 14. The highest BCUT2D eigenvalue weighted by Gasteiger charge is 2.19. The molecule has 0 aliphatic carbocycles. The van der Waals surface area contributed by atoms with Crippen LogP contribution in [0, 0.1) is 6.92 Å². The zero-order valence-electron chi connectivity index (χ0n) is 33.3. The van der Waals surface area contributed by atoms with Crippen molar-refractivity contribution in [2.24, 2.45) is 0 Å². The zero-order chi connectivity index (χ0) is 40.1. The van der Waals surface area contributed by atoms with Crippen LogP contribution in [-0.2, 0) is 24.4 Å². The van der Waals surface area contributed by atoms with Crippen LogP contribution in [-0.4, -0.2) is 73.7 Å². The van der Waals surface area contributed by atoms with Crippen molar-refractivity contribution in [1.29, 1.82) is 0 Å². The normalized spacial score (nSPS) is 11.7. The number of allylic oxidation sites excluding steroid dienone is 1. The minimum Gasteiger partial charge on any atom is -0.497 e. The summed E-state index contributed by atoms with van der Waals surface area (Å²) in [5.74, 6) is 1.20. The molecule has 292 valence electrons. The third-order valence-corrected chi connectivity index (χ3v) is 9.14. The van der Waals surface area contributed by atoms with Crippen molar-refractivity contribution in [2.45, 2.75) is 57.8 Å².